The first-order valence-corrected chi connectivity index (χ1v) is 8.74. The molecule has 2 nitrogen and oxygen atoms in total. The first-order valence-electron chi connectivity index (χ1n) is 7.58. The number of benzene rings is 2. The van der Waals surface area contributed by atoms with Crippen LogP contribution in [0, 0.1) is 6.92 Å². The number of aryl methyl sites for hydroxylation is 1. The highest BCUT2D eigenvalue weighted by Gasteiger charge is 2.09. The molecule has 0 saturated heterocycles. The molecule has 2 aromatic rings. The first-order chi connectivity index (χ1) is 10.6. The van der Waals surface area contributed by atoms with Crippen molar-refractivity contribution in [2.24, 2.45) is 0 Å². The molecule has 22 heavy (non-hydrogen) atoms. The van der Waals surface area contributed by atoms with Crippen LogP contribution < -0.4 is 5.32 Å². The molecule has 3 heteroatoms. The normalized spacial score (nSPS) is 10.7. The first kappa shape index (κ1) is 16.6. The average molecular weight is 313 g/mol. The van der Waals surface area contributed by atoms with Gasteiger partial charge in [-0.2, -0.15) is 0 Å². The number of para-hydroxylation sites is 1. The molecule has 0 aliphatic rings. The van der Waals surface area contributed by atoms with Crippen LogP contribution in [0.1, 0.15) is 36.5 Å². The molecule has 0 heterocycles. The number of hydrogen-bond acceptors (Lipinski definition) is 2. The third-order valence-electron chi connectivity index (χ3n) is 3.44. The van der Waals surface area contributed by atoms with E-state index in [0.717, 1.165) is 11.4 Å². The van der Waals surface area contributed by atoms with Gasteiger partial charge < -0.3 is 5.32 Å². The molecular formula is C19H23NOS. The quantitative estimate of drug-likeness (QED) is 0.814. The van der Waals surface area contributed by atoms with Gasteiger partial charge in [0.25, 0.3) is 0 Å². The zero-order chi connectivity index (χ0) is 15.9. The molecule has 2 aromatic carbocycles. The van der Waals surface area contributed by atoms with E-state index in [1.807, 2.05) is 18.2 Å². The summed E-state index contributed by atoms with van der Waals surface area (Å²) in [6.45, 7) is 6.36. The number of anilines is 1. The van der Waals surface area contributed by atoms with Crippen molar-refractivity contribution in [1.82, 2.24) is 0 Å². The zero-order valence-electron chi connectivity index (χ0n) is 13.4. The van der Waals surface area contributed by atoms with Gasteiger partial charge in [0.15, 0.2) is 0 Å². The predicted octanol–water partition coefficient (Wildman–Crippen LogP) is 4.99. The van der Waals surface area contributed by atoms with E-state index < -0.39 is 0 Å². The van der Waals surface area contributed by atoms with Crippen molar-refractivity contribution in [3.63, 3.8) is 0 Å². The number of hydrogen-bond donors (Lipinski definition) is 1. The highest BCUT2D eigenvalue weighted by atomic mass is 32.2. The SMILES string of the molecule is Cc1cccc(CSCC(=O)Nc2ccccc2C(C)C)c1. The second-order valence-electron chi connectivity index (χ2n) is 5.77. The van der Waals surface area contributed by atoms with Gasteiger partial charge in [-0.15, -0.1) is 11.8 Å². The highest BCUT2D eigenvalue weighted by Crippen LogP contribution is 2.24. The molecule has 2 rings (SSSR count). The Balaban J connectivity index is 1.86. The van der Waals surface area contributed by atoms with Crippen molar-refractivity contribution in [2.75, 3.05) is 11.1 Å². The van der Waals surface area contributed by atoms with Crippen molar-refractivity contribution in [2.45, 2.75) is 32.4 Å². The largest absolute Gasteiger partial charge is 0.325 e. The van der Waals surface area contributed by atoms with Crippen LogP contribution >= 0.6 is 11.8 Å². The lowest BCUT2D eigenvalue weighted by Gasteiger charge is -2.13. The smallest absolute Gasteiger partial charge is 0.234 e. The summed E-state index contributed by atoms with van der Waals surface area (Å²) in [4.78, 5) is 12.1. The maximum absolute atomic E-state index is 12.1. The third kappa shape index (κ3) is 4.92. The lowest BCUT2D eigenvalue weighted by Crippen LogP contribution is -2.15. The minimum atomic E-state index is 0.0609. The Morgan fingerprint density at radius 1 is 1.14 bits per heavy atom. The summed E-state index contributed by atoms with van der Waals surface area (Å²) in [5.41, 5.74) is 4.63. The van der Waals surface area contributed by atoms with Gasteiger partial charge in [0.1, 0.15) is 0 Å². The van der Waals surface area contributed by atoms with Crippen molar-refractivity contribution in [3.8, 4) is 0 Å². The van der Waals surface area contributed by atoms with Crippen LogP contribution in [0.15, 0.2) is 48.5 Å². The maximum atomic E-state index is 12.1. The van der Waals surface area contributed by atoms with Gasteiger partial charge in [-0.1, -0.05) is 61.9 Å². The monoisotopic (exact) mass is 313 g/mol. The molecular weight excluding hydrogens is 290 g/mol. The lowest BCUT2D eigenvalue weighted by atomic mass is 10.0. The molecule has 0 aromatic heterocycles. The Bertz CT molecular complexity index is 637. The molecule has 0 aliphatic carbocycles. The minimum absolute atomic E-state index is 0.0609. The van der Waals surface area contributed by atoms with E-state index in [4.69, 9.17) is 0 Å². The number of carbonyl (C=O) groups excluding carboxylic acids is 1. The number of carbonyl (C=O) groups is 1. The Morgan fingerprint density at radius 2 is 1.91 bits per heavy atom. The Kier molecular flexibility index (Phi) is 6.08. The second kappa shape index (κ2) is 8.04. The molecule has 0 saturated carbocycles. The molecule has 1 N–H and O–H groups in total. The van der Waals surface area contributed by atoms with Crippen molar-refractivity contribution in [3.05, 3.63) is 65.2 Å². The fourth-order valence-electron chi connectivity index (χ4n) is 2.36. The van der Waals surface area contributed by atoms with E-state index in [2.05, 4.69) is 56.4 Å². The predicted molar refractivity (Wildman–Crippen MR) is 96.5 cm³/mol. The van der Waals surface area contributed by atoms with Crippen LogP contribution in [0.2, 0.25) is 0 Å². The van der Waals surface area contributed by atoms with Gasteiger partial charge in [0, 0.05) is 11.4 Å². The molecule has 0 unspecified atom stereocenters. The fourth-order valence-corrected chi connectivity index (χ4v) is 3.14. The number of rotatable bonds is 6. The Hall–Kier alpha value is -1.74. The van der Waals surface area contributed by atoms with E-state index in [9.17, 15) is 4.79 Å². The van der Waals surface area contributed by atoms with Gasteiger partial charge in [-0.05, 0) is 30.0 Å². The summed E-state index contributed by atoms with van der Waals surface area (Å²) < 4.78 is 0. The summed E-state index contributed by atoms with van der Waals surface area (Å²) in [7, 11) is 0. The molecule has 1 amide bonds. The standard InChI is InChI=1S/C19H23NOS/c1-14(2)17-9-4-5-10-18(17)20-19(21)13-22-12-16-8-6-7-15(3)11-16/h4-11,14H,12-13H2,1-3H3,(H,20,21). The lowest BCUT2D eigenvalue weighted by molar-refractivity contribution is -0.113. The van der Waals surface area contributed by atoms with Crippen molar-refractivity contribution < 1.29 is 4.79 Å². The van der Waals surface area contributed by atoms with E-state index in [-0.39, 0.29) is 5.91 Å². The minimum Gasteiger partial charge on any atom is -0.325 e. The zero-order valence-corrected chi connectivity index (χ0v) is 14.2. The number of amides is 1. The van der Waals surface area contributed by atoms with Crippen LogP contribution in [0.3, 0.4) is 0 Å². The topological polar surface area (TPSA) is 29.1 Å². The molecule has 0 spiro atoms. The summed E-state index contributed by atoms with van der Waals surface area (Å²) >= 11 is 1.64. The molecule has 0 radical (unpaired) electrons. The second-order valence-corrected chi connectivity index (χ2v) is 6.76. The highest BCUT2D eigenvalue weighted by molar-refractivity contribution is 7.99. The van der Waals surface area contributed by atoms with Crippen molar-refractivity contribution >= 4 is 23.4 Å². The summed E-state index contributed by atoms with van der Waals surface area (Å²) in [5.74, 6) is 1.79. The van der Waals surface area contributed by atoms with E-state index in [1.54, 1.807) is 11.8 Å². The van der Waals surface area contributed by atoms with Crippen LogP contribution in [0.25, 0.3) is 0 Å². The fraction of sp³-hybridized carbons (Fsp3) is 0.316. The third-order valence-corrected chi connectivity index (χ3v) is 4.45. The summed E-state index contributed by atoms with van der Waals surface area (Å²) in [6, 6.07) is 16.4. The van der Waals surface area contributed by atoms with Gasteiger partial charge in [0.2, 0.25) is 5.91 Å². The van der Waals surface area contributed by atoms with Gasteiger partial charge >= 0.3 is 0 Å². The summed E-state index contributed by atoms with van der Waals surface area (Å²) in [5, 5.41) is 3.03. The molecule has 0 bridgehead atoms. The van der Waals surface area contributed by atoms with Crippen molar-refractivity contribution in [1.29, 1.82) is 0 Å². The van der Waals surface area contributed by atoms with E-state index in [1.165, 1.54) is 16.7 Å². The Morgan fingerprint density at radius 3 is 2.64 bits per heavy atom. The average Bonchev–Trinajstić information content (AvgIpc) is 2.47. The number of nitrogens with one attached hydrogen (secondary N) is 1. The van der Waals surface area contributed by atoms with E-state index in [0.29, 0.717) is 11.7 Å². The molecule has 0 aliphatic heterocycles. The van der Waals surface area contributed by atoms with Crippen LogP contribution in [-0.2, 0) is 10.5 Å². The molecule has 116 valence electrons. The van der Waals surface area contributed by atoms with Gasteiger partial charge in [-0.25, -0.2) is 0 Å². The number of thioether (sulfide) groups is 1. The molecule has 0 atom stereocenters. The van der Waals surface area contributed by atoms with Crippen LogP contribution in [-0.4, -0.2) is 11.7 Å². The Labute approximate surface area is 137 Å². The molecule has 0 fully saturated rings. The van der Waals surface area contributed by atoms with E-state index >= 15 is 0 Å². The maximum Gasteiger partial charge on any atom is 0.234 e. The van der Waals surface area contributed by atoms with Gasteiger partial charge in [-0.3, -0.25) is 4.79 Å². The summed E-state index contributed by atoms with van der Waals surface area (Å²) in [6.07, 6.45) is 0. The van der Waals surface area contributed by atoms with Crippen LogP contribution in [0.4, 0.5) is 5.69 Å². The van der Waals surface area contributed by atoms with Gasteiger partial charge in [0.05, 0.1) is 5.75 Å². The van der Waals surface area contributed by atoms with Crippen LogP contribution in [0.5, 0.6) is 0 Å².